The van der Waals surface area contributed by atoms with Crippen molar-refractivity contribution in [3.05, 3.63) is 58.1 Å². The second kappa shape index (κ2) is 19.8. The third-order valence-corrected chi connectivity index (χ3v) is 12.1. The van der Waals surface area contributed by atoms with E-state index in [4.69, 9.17) is 26.8 Å². The number of benzene rings is 2. The number of piperazine rings is 1. The van der Waals surface area contributed by atoms with Crippen molar-refractivity contribution in [3.8, 4) is 0 Å². The van der Waals surface area contributed by atoms with Gasteiger partial charge >= 0.3 is 24.3 Å². The van der Waals surface area contributed by atoms with E-state index in [0.29, 0.717) is 71.4 Å². The lowest BCUT2D eigenvalue weighted by Gasteiger charge is -2.43. The molecule has 0 spiro atoms. The predicted octanol–water partition coefficient (Wildman–Crippen LogP) is 4.65. The zero-order valence-corrected chi connectivity index (χ0v) is 34.6. The molecule has 3 fully saturated rings. The highest BCUT2D eigenvalue weighted by Crippen LogP contribution is 2.38. The van der Waals surface area contributed by atoms with Crippen molar-refractivity contribution in [2.75, 3.05) is 104 Å². The van der Waals surface area contributed by atoms with Gasteiger partial charge in [0.2, 0.25) is 0 Å². The Balaban J connectivity index is 1.05. The van der Waals surface area contributed by atoms with Crippen molar-refractivity contribution in [2.45, 2.75) is 69.3 Å². The van der Waals surface area contributed by atoms with Crippen LogP contribution in [0.4, 0.5) is 34.1 Å². The van der Waals surface area contributed by atoms with Crippen LogP contribution in [0.5, 0.6) is 0 Å². The average Bonchev–Trinajstić information content (AvgIpc) is 3.38. The Labute approximate surface area is 348 Å². The van der Waals surface area contributed by atoms with Crippen LogP contribution in [0.2, 0.25) is 5.02 Å². The number of carbonyl (C=O) groups is 4. The standard InChI is InChI=1S/C41H56ClF3N8O6/c1-48(2)13-5-23-58-36(54)27-49-19-21-50(22-20-49)30-9-14-51(15-10-30)38(55)35(26-28-24-32(41(43,44)45)37(46)33(42)25-28)59-40(57)52-16-11-31(12-17-52)53-18-8-29-6-3-4-7-34(29)47-39(53)56/h3-4,6-7,24-25,30-31,35H,5,8-23,26-27,46H2,1-2H3,(H,47,56)/t35-/m1/s1. The van der Waals surface area contributed by atoms with Gasteiger partial charge < -0.3 is 40.1 Å². The number of nitrogens with zero attached hydrogens (tertiary/aromatic N) is 6. The van der Waals surface area contributed by atoms with E-state index < -0.39 is 35.5 Å². The van der Waals surface area contributed by atoms with Crippen LogP contribution in [-0.4, -0.2) is 164 Å². The lowest BCUT2D eigenvalue weighted by atomic mass is 9.99. The van der Waals surface area contributed by atoms with E-state index in [2.05, 4.69) is 15.1 Å². The molecule has 0 unspecified atom stereocenters. The molecule has 0 radical (unpaired) electrons. The van der Waals surface area contributed by atoms with Gasteiger partial charge in [0.1, 0.15) is 0 Å². The molecule has 59 heavy (non-hydrogen) atoms. The number of para-hydroxylation sites is 1. The van der Waals surface area contributed by atoms with Gasteiger partial charge in [0, 0.05) is 89.6 Å². The Hall–Kier alpha value is -4.32. The summed E-state index contributed by atoms with van der Waals surface area (Å²) in [6, 6.07) is 9.67. The summed E-state index contributed by atoms with van der Waals surface area (Å²) in [4.78, 5) is 64.7. The number of hydrogen-bond donors (Lipinski definition) is 2. The van der Waals surface area contributed by atoms with E-state index in [0.717, 1.165) is 43.4 Å². The largest absolute Gasteiger partial charge is 0.465 e. The Morgan fingerprint density at radius 2 is 1.59 bits per heavy atom. The molecule has 18 heteroatoms. The van der Waals surface area contributed by atoms with Gasteiger partial charge in [0.15, 0.2) is 6.10 Å². The number of likely N-dealkylation sites (tertiary alicyclic amines) is 2. The van der Waals surface area contributed by atoms with E-state index >= 15 is 0 Å². The Bertz CT molecular complexity index is 1800. The molecule has 0 saturated carbocycles. The van der Waals surface area contributed by atoms with Gasteiger partial charge in [-0.25, -0.2) is 9.59 Å². The molecule has 1 atom stereocenters. The van der Waals surface area contributed by atoms with Gasteiger partial charge in [-0.3, -0.25) is 19.4 Å². The van der Waals surface area contributed by atoms with Gasteiger partial charge in [-0.1, -0.05) is 29.8 Å². The number of hydrogen-bond acceptors (Lipinski definition) is 10. The lowest BCUT2D eigenvalue weighted by molar-refractivity contribution is -0.145. The minimum absolute atomic E-state index is 0.0553. The molecular formula is C41H56ClF3N8O6. The molecule has 4 amide bonds. The second-order valence-electron chi connectivity index (χ2n) is 16.1. The van der Waals surface area contributed by atoms with E-state index in [-0.39, 0.29) is 60.7 Å². The van der Waals surface area contributed by atoms with Crippen molar-refractivity contribution in [2.24, 2.45) is 0 Å². The maximum atomic E-state index is 14.2. The minimum Gasteiger partial charge on any atom is -0.465 e. The van der Waals surface area contributed by atoms with E-state index in [9.17, 15) is 32.3 Å². The molecule has 0 aliphatic carbocycles. The number of alkyl halides is 3. The van der Waals surface area contributed by atoms with Crippen LogP contribution >= 0.6 is 11.6 Å². The van der Waals surface area contributed by atoms with E-state index in [1.807, 2.05) is 43.3 Å². The van der Waals surface area contributed by atoms with Crippen LogP contribution in [-0.2, 0) is 38.1 Å². The second-order valence-corrected chi connectivity index (χ2v) is 16.5. The first-order valence-electron chi connectivity index (χ1n) is 20.5. The van der Waals surface area contributed by atoms with Gasteiger partial charge in [-0.05, 0) is 81.9 Å². The van der Waals surface area contributed by atoms with Crippen molar-refractivity contribution in [1.29, 1.82) is 0 Å². The number of ether oxygens (including phenoxy) is 2. The van der Waals surface area contributed by atoms with Gasteiger partial charge in [-0.15, -0.1) is 0 Å². The summed E-state index contributed by atoms with van der Waals surface area (Å²) < 4.78 is 53.0. The molecule has 4 aliphatic rings. The highest BCUT2D eigenvalue weighted by Gasteiger charge is 2.38. The Kier molecular flexibility index (Phi) is 14.9. The first kappa shape index (κ1) is 44.2. The zero-order valence-electron chi connectivity index (χ0n) is 33.9. The monoisotopic (exact) mass is 848 g/mol. The fourth-order valence-electron chi connectivity index (χ4n) is 8.45. The fourth-order valence-corrected chi connectivity index (χ4v) is 8.69. The normalized spacial score (nSPS) is 19.6. The molecule has 6 rings (SSSR count). The van der Waals surface area contributed by atoms with Crippen LogP contribution in [0.3, 0.4) is 0 Å². The number of amides is 4. The molecule has 3 N–H and O–H groups in total. The van der Waals surface area contributed by atoms with E-state index in [1.54, 1.807) is 9.80 Å². The maximum Gasteiger partial charge on any atom is 0.418 e. The summed E-state index contributed by atoms with van der Waals surface area (Å²) in [6.45, 7) is 6.25. The number of anilines is 2. The molecule has 0 aromatic heterocycles. The molecule has 2 aromatic rings. The molecule has 324 valence electrons. The number of nitrogen functional groups attached to an aromatic ring is 1. The Morgan fingerprint density at radius 3 is 2.27 bits per heavy atom. The molecule has 3 saturated heterocycles. The number of urea groups is 1. The maximum absolute atomic E-state index is 14.2. The van der Waals surface area contributed by atoms with Crippen molar-refractivity contribution >= 4 is 47.0 Å². The summed E-state index contributed by atoms with van der Waals surface area (Å²) in [5.41, 5.74) is 5.83. The molecule has 14 nitrogen and oxygen atoms in total. The third kappa shape index (κ3) is 11.7. The number of nitrogens with one attached hydrogen (secondary N) is 1. The smallest absolute Gasteiger partial charge is 0.418 e. The van der Waals surface area contributed by atoms with Crippen LogP contribution in [0.25, 0.3) is 0 Å². The number of piperidine rings is 2. The topological polar surface area (TPSA) is 144 Å². The number of rotatable bonds is 12. The highest BCUT2D eigenvalue weighted by molar-refractivity contribution is 6.33. The third-order valence-electron chi connectivity index (χ3n) is 11.8. The van der Waals surface area contributed by atoms with E-state index in [1.165, 1.54) is 11.0 Å². The number of esters is 1. The van der Waals surface area contributed by atoms with Crippen LogP contribution in [0, 0.1) is 0 Å². The molecule has 0 bridgehead atoms. The number of halogens is 4. The number of nitrogens with two attached hydrogens (primary N) is 1. The molecule has 4 heterocycles. The first-order valence-corrected chi connectivity index (χ1v) is 20.9. The van der Waals surface area contributed by atoms with Crippen LogP contribution < -0.4 is 11.1 Å². The number of fused-ring (bicyclic) bond motifs is 1. The average molecular weight is 849 g/mol. The molecule has 2 aromatic carbocycles. The zero-order chi connectivity index (χ0) is 42.3. The minimum atomic E-state index is -4.79. The summed E-state index contributed by atoms with van der Waals surface area (Å²) in [7, 11) is 3.95. The molecular weight excluding hydrogens is 793 g/mol. The molecule has 4 aliphatic heterocycles. The predicted molar refractivity (Wildman–Crippen MR) is 217 cm³/mol. The highest BCUT2D eigenvalue weighted by atomic mass is 35.5. The summed E-state index contributed by atoms with van der Waals surface area (Å²) in [5, 5.41) is 2.67. The van der Waals surface area contributed by atoms with Crippen molar-refractivity contribution < 1.29 is 41.8 Å². The van der Waals surface area contributed by atoms with Crippen molar-refractivity contribution in [1.82, 2.24) is 29.4 Å². The van der Waals surface area contributed by atoms with Crippen LogP contribution in [0.1, 0.15) is 48.8 Å². The number of carbonyl (C=O) groups excluding carboxylic acids is 4. The quantitative estimate of drug-likeness (QED) is 0.176. The van der Waals surface area contributed by atoms with Crippen molar-refractivity contribution in [3.63, 3.8) is 0 Å². The fraction of sp³-hybridized carbons (Fsp3) is 0.610. The van der Waals surface area contributed by atoms with Gasteiger partial charge in [0.25, 0.3) is 5.91 Å². The Morgan fingerprint density at radius 1 is 0.932 bits per heavy atom. The summed E-state index contributed by atoms with van der Waals surface area (Å²) >= 11 is 6.15. The first-order chi connectivity index (χ1) is 28.2. The summed E-state index contributed by atoms with van der Waals surface area (Å²) in [5.74, 6) is -0.726. The lowest BCUT2D eigenvalue weighted by Crippen LogP contribution is -2.55. The van der Waals surface area contributed by atoms with Crippen LogP contribution in [0.15, 0.2) is 36.4 Å². The summed E-state index contributed by atoms with van der Waals surface area (Å²) in [6.07, 6.45) is -3.53. The van der Waals surface area contributed by atoms with Gasteiger partial charge in [0.05, 0.1) is 29.4 Å². The van der Waals surface area contributed by atoms with Gasteiger partial charge in [-0.2, -0.15) is 13.2 Å². The SMILES string of the molecule is CN(C)CCCOC(=O)CN1CCN(C2CCN(C(=O)[C@@H](Cc3cc(Cl)c(N)c(C(F)(F)F)c3)OC(=O)N3CCC(N4CCc5ccccc5NC4=O)CC3)CC2)CC1.